The number of benzene rings is 1. The maximum absolute atomic E-state index is 12.1. The van der Waals surface area contributed by atoms with Gasteiger partial charge in [-0.3, -0.25) is 4.79 Å². The smallest absolute Gasteiger partial charge is 0.387 e. The lowest BCUT2D eigenvalue weighted by molar-refractivity contribution is -0.0501. The molecule has 0 heterocycles. The molecule has 0 aromatic heterocycles. The molecule has 88 valence electrons. The topological polar surface area (TPSA) is 26.3 Å². The molecule has 0 aliphatic carbocycles. The van der Waals surface area contributed by atoms with E-state index < -0.39 is 6.61 Å². The maximum atomic E-state index is 12.1. The number of ketones is 1. The van der Waals surface area contributed by atoms with Crippen LogP contribution in [-0.4, -0.2) is 18.3 Å². The van der Waals surface area contributed by atoms with Gasteiger partial charge in [0.05, 0.1) is 5.56 Å². The minimum atomic E-state index is -2.95. The summed E-state index contributed by atoms with van der Waals surface area (Å²) in [5.74, 6) is -0.320. The zero-order chi connectivity index (χ0) is 12.1. The first-order chi connectivity index (χ1) is 7.54. The predicted octanol–water partition coefficient (Wildman–Crippen LogP) is 3.86. The number of alkyl halides is 3. The highest BCUT2D eigenvalue weighted by atomic mass is 79.9. The van der Waals surface area contributed by atoms with Crippen LogP contribution < -0.4 is 4.74 Å². The molecule has 0 saturated heterocycles. The molecule has 0 bridgehead atoms. The van der Waals surface area contributed by atoms with Crippen molar-refractivity contribution < 1.29 is 18.3 Å². The Kier molecular flexibility index (Phi) is 5.15. The fourth-order valence-corrected chi connectivity index (χ4v) is 1.67. The summed E-state index contributed by atoms with van der Waals surface area (Å²) in [5, 5.41) is 0. The molecule has 6 heteroatoms. The molecule has 0 aliphatic heterocycles. The molecule has 0 saturated carbocycles. The van der Waals surface area contributed by atoms with Crippen LogP contribution in [0.4, 0.5) is 8.78 Å². The van der Waals surface area contributed by atoms with Gasteiger partial charge in [0.2, 0.25) is 0 Å². The summed E-state index contributed by atoms with van der Waals surface area (Å²) in [7, 11) is 0. The predicted molar refractivity (Wildman–Crippen MR) is 60.4 cm³/mol. The highest BCUT2D eigenvalue weighted by molar-refractivity contribution is 9.10. The molecule has 1 rings (SSSR count). The van der Waals surface area contributed by atoms with Gasteiger partial charge in [-0.15, -0.1) is 11.6 Å². The van der Waals surface area contributed by atoms with Gasteiger partial charge < -0.3 is 4.74 Å². The van der Waals surface area contributed by atoms with Crippen molar-refractivity contribution in [1.82, 2.24) is 0 Å². The van der Waals surface area contributed by atoms with E-state index in [-0.39, 0.29) is 29.4 Å². The molecular weight excluding hydrogens is 305 g/mol. The van der Waals surface area contributed by atoms with Gasteiger partial charge in [-0.2, -0.15) is 8.78 Å². The summed E-state index contributed by atoms with van der Waals surface area (Å²) < 4.78 is 29.0. The minimum Gasteiger partial charge on any atom is -0.434 e. The first-order valence-corrected chi connectivity index (χ1v) is 5.71. The van der Waals surface area contributed by atoms with Crippen molar-refractivity contribution in [2.75, 3.05) is 5.88 Å². The lowest BCUT2D eigenvalue weighted by atomic mass is 10.1. The van der Waals surface area contributed by atoms with E-state index in [1.54, 1.807) is 0 Å². The van der Waals surface area contributed by atoms with Crippen molar-refractivity contribution in [2.45, 2.75) is 13.0 Å². The van der Waals surface area contributed by atoms with Gasteiger partial charge in [0.25, 0.3) is 0 Å². The SMILES string of the molecule is O=C(CCCl)c1cc(Br)ccc1OC(F)F. The second-order valence-electron chi connectivity index (χ2n) is 2.88. The van der Waals surface area contributed by atoms with Crippen LogP contribution in [0.25, 0.3) is 0 Å². The Bertz CT molecular complexity index is 385. The molecule has 0 unspecified atom stereocenters. The molecule has 1 aromatic carbocycles. The van der Waals surface area contributed by atoms with Gasteiger partial charge in [-0.1, -0.05) is 15.9 Å². The van der Waals surface area contributed by atoms with Crippen molar-refractivity contribution in [3.05, 3.63) is 28.2 Å². The summed E-state index contributed by atoms with van der Waals surface area (Å²) in [6.45, 7) is -2.95. The third-order valence-corrected chi connectivity index (χ3v) is 2.46. The van der Waals surface area contributed by atoms with Crippen molar-refractivity contribution in [1.29, 1.82) is 0 Å². The molecule has 0 atom stereocenters. The molecule has 0 fully saturated rings. The van der Waals surface area contributed by atoms with Gasteiger partial charge in [0.1, 0.15) is 5.75 Å². The van der Waals surface area contributed by atoms with Crippen molar-refractivity contribution in [3.63, 3.8) is 0 Å². The first-order valence-electron chi connectivity index (χ1n) is 4.38. The fourth-order valence-electron chi connectivity index (χ4n) is 1.14. The third kappa shape index (κ3) is 3.72. The van der Waals surface area contributed by atoms with E-state index in [1.165, 1.54) is 18.2 Å². The standard InChI is InChI=1S/C10H8BrClF2O2/c11-6-1-2-9(16-10(13)14)7(5-6)8(15)3-4-12/h1-2,5,10H,3-4H2. The summed E-state index contributed by atoms with van der Waals surface area (Å²) in [6, 6.07) is 4.28. The van der Waals surface area contributed by atoms with E-state index in [0.717, 1.165) is 0 Å². The van der Waals surface area contributed by atoms with Crippen molar-refractivity contribution >= 4 is 33.3 Å². The molecule has 0 spiro atoms. The normalized spacial score (nSPS) is 10.6. The number of carbonyl (C=O) groups excluding carboxylic acids is 1. The summed E-state index contributed by atoms with van der Waals surface area (Å²) in [4.78, 5) is 11.6. The van der Waals surface area contributed by atoms with Crippen molar-refractivity contribution in [2.24, 2.45) is 0 Å². The Labute approximate surface area is 105 Å². The Balaban J connectivity index is 3.02. The van der Waals surface area contributed by atoms with Gasteiger partial charge in [-0.25, -0.2) is 0 Å². The number of ether oxygens (including phenoxy) is 1. The molecule has 0 amide bonds. The van der Waals surface area contributed by atoms with E-state index in [1.807, 2.05) is 0 Å². The van der Waals surface area contributed by atoms with Crippen LogP contribution in [0.15, 0.2) is 22.7 Å². The molecule has 0 radical (unpaired) electrons. The van der Waals surface area contributed by atoms with Gasteiger partial charge in [-0.05, 0) is 18.2 Å². The average molecular weight is 314 g/mol. The van der Waals surface area contributed by atoms with Crippen LogP contribution in [0.2, 0.25) is 0 Å². The Morgan fingerprint density at radius 2 is 2.19 bits per heavy atom. The van der Waals surface area contributed by atoms with Crippen LogP contribution in [0.3, 0.4) is 0 Å². The number of halogens is 4. The average Bonchev–Trinajstić information content (AvgIpc) is 2.20. The van der Waals surface area contributed by atoms with Crippen molar-refractivity contribution in [3.8, 4) is 5.75 Å². The van der Waals surface area contributed by atoms with Crippen LogP contribution in [0.1, 0.15) is 16.8 Å². The van der Waals surface area contributed by atoms with E-state index in [2.05, 4.69) is 20.7 Å². The number of rotatable bonds is 5. The van der Waals surface area contributed by atoms with Crippen LogP contribution in [-0.2, 0) is 0 Å². The minimum absolute atomic E-state index is 0.0810. The molecule has 0 N–H and O–H groups in total. The first kappa shape index (κ1) is 13.4. The quantitative estimate of drug-likeness (QED) is 0.609. The lowest BCUT2D eigenvalue weighted by Crippen LogP contribution is -2.08. The van der Waals surface area contributed by atoms with Crippen LogP contribution in [0, 0.1) is 0 Å². The summed E-state index contributed by atoms with van der Waals surface area (Å²) in [6.07, 6.45) is 0.0810. The van der Waals surface area contributed by atoms with E-state index in [9.17, 15) is 13.6 Å². The number of Topliss-reactive ketones (excluding diaryl/α,β-unsaturated/α-hetero) is 1. The number of carbonyl (C=O) groups is 1. The Morgan fingerprint density at radius 1 is 1.50 bits per heavy atom. The molecule has 1 aromatic rings. The highest BCUT2D eigenvalue weighted by Crippen LogP contribution is 2.26. The molecular formula is C10H8BrClF2O2. The Hall–Kier alpha value is -0.680. The largest absolute Gasteiger partial charge is 0.434 e. The molecule has 16 heavy (non-hydrogen) atoms. The van der Waals surface area contributed by atoms with Gasteiger partial charge in [0.15, 0.2) is 5.78 Å². The third-order valence-electron chi connectivity index (χ3n) is 1.78. The number of hydrogen-bond donors (Lipinski definition) is 0. The summed E-state index contributed by atoms with van der Waals surface area (Å²) in [5.41, 5.74) is 0.107. The van der Waals surface area contributed by atoms with Gasteiger partial charge in [0, 0.05) is 16.8 Å². The second kappa shape index (κ2) is 6.15. The summed E-state index contributed by atoms with van der Waals surface area (Å²) >= 11 is 8.58. The maximum Gasteiger partial charge on any atom is 0.387 e. The lowest BCUT2D eigenvalue weighted by Gasteiger charge is -2.09. The van der Waals surface area contributed by atoms with Gasteiger partial charge >= 0.3 is 6.61 Å². The number of hydrogen-bond acceptors (Lipinski definition) is 2. The van der Waals surface area contributed by atoms with Crippen LogP contribution in [0.5, 0.6) is 5.75 Å². The fraction of sp³-hybridized carbons (Fsp3) is 0.300. The zero-order valence-corrected chi connectivity index (χ0v) is 10.4. The molecule has 0 aliphatic rings. The Morgan fingerprint density at radius 3 is 2.75 bits per heavy atom. The van der Waals surface area contributed by atoms with E-state index in [0.29, 0.717) is 4.47 Å². The highest BCUT2D eigenvalue weighted by Gasteiger charge is 2.15. The second-order valence-corrected chi connectivity index (χ2v) is 4.17. The van der Waals surface area contributed by atoms with E-state index in [4.69, 9.17) is 11.6 Å². The monoisotopic (exact) mass is 312 g/mol. The molecule has 2 nitrogen and oxygen atoms in total. The van der Waals surface area contributed by atoms with E-state index >= 15 is 0 Å². The zero-order valence-electron chi connectivity index (χ0n) is 8.05. The van der Waals surface area contributed by atoms with Crippen LogP contribution >= 0.6 is 27.5 Å².